The summed E-state index contributed by atoms with van der Waals surface area (Å²) < 4.78 is 27.3. The predicted octanol–water partition coefficient (Wildman–Crippen LogP) is 2.59. The third kappa shape index (κ3) is 5.92. The van der Waals surface area contributed by atoms with Gasteiger partial charge in [-0.05, 0) is 61.7 Å². The molecule has 0 bridgehead atoms. The lowest BCUT2D eigenvalue weighted by atomic mass is 9.88. The fourth-order valence-electron chi connectivity index (χ4n) is 4.79. The molecule has 1 aliphatic heterocycles. The molecule has 1 aliphatic rings. The van der Waals surface area contributed by atoms with E-state index >= 15 is 0 Å². The number of carbonyl (C=O) groups is 1. The van der Waals surface area contributed by atoms with Gasteiger partial charge in [-0.1, -0.05) is 30.3 Å². The van der Waals surface area contributed by atoms with Gasteiger partial charge in [0.05, 0.1) is 16.8 Å². The number of primary amides is 1. The molecule has 1 amide bonds. The second-order valence-electron chi connectivity index (χ2n) is 9.46. The van der Waals surface area contributed by atoms with E-state index in [1.165, 1.54) is 0 Å². The molecule has 3 aromatic rings. The number of piperidine rings is 1. The highest BCUT2D eigenvalue weighted by molar-refractivity contribution is 7.89. The monoisotopic (exact) mass is 497 g/mol. The largest absolute Gasteiger partial charge is 0.366 e. The van der Waals surface area contributed by atoms with Crippen LogP contribution in [-0.2, 0) is 10.0 Å². The van der Waals surface area contributed by atoms with E-state index in [1.54, 1.807) is 4.31 Å². The Morgan fingerprint density at radius 3 is 2.49 bits per heavy atom. The molecule has 4 N–H and O–H groups in total. The number of hydrogen-bond donors (Lipinski definition) is 3. The molecule has 0 aliphatic carbocycles. The number of carbonyl (C=O) groups excluding carboxylic acids is 1. The molecular weight excluding hydrogens is 462 g/mol. The van der Waals surface area contributed by atoms with Crippen LogP contribution in [0.1, 0.15) is 34.7 Å². The summed E-state index contributed by atoms with van der Waals surface area (Å²) in [5.41, 5.74) is 9.99. The maximum Gasteiger partial charge on any atom is 0.250 e. The average molecular weight is 498 g/mol. The molecule has 9 heteroatoms. The van der Waals surface area contributed by atoms with Crippen molar-refractivity contribution >= 4 is 26.8 Å². The fraction of sp³-hybridized carbons (Fsp3) is 0.423. The van der Waals surface area contributed by atoms with Gasteiger partial charge in [0.25, 0.3) is 5.91 Å². The molecule has 1 aromatic heterocycles. The maximum atomic E-state index is 12.8. The second kappa shape index (κ2) is 10.9. The van der Waals surface area contributed by atoms with Crippen molar-refractivity contribution in [2.24, 2.45) is 5.73 Å². The average Bonchev–Trinajstić information content (AvgIpc) is 3.27. The normalized spacial score (nSPS) is 15.7. The van der Waals surface area contributed by atoms with Crippen molar-refractivity contribution in [3.63, 3.8) is 0 Å². The van der Waals surface area contributed by atoms with E-state index in [2.05, 4.69) is 21.3 Å². The Morgan fingerprint density at radius 2 is 1.83 bits per heavy atom. The van der Waals surface area contributed by atoms with E-state index < -0.39 is 15.9 Å². The minimum atomic E-state index is -3.29. The lowest BCUT2D eigenvalue weighted by Crippen LogP contribution is -2.41. The molecule has 0 atom stereocenters. The number of rotatable bonds is 10. The van der Waals surface area contributed by atoms with Crippen LogP contribution in [0.5, 0.6) is 0 Å². The minimum Gasteiger partial charge on any atom is -0.366 e. The molecule has 0 radical (unpaired) electrons. The molecule has 0 unspecified atom stereocenters. The number of nitrogens with two attached hydrogens (primary N) is 1. The molecule has 35 heavy (non-hydrogen) atoms. The van der Waals surface area contributed by atoms with Crippen molar-refractivity contribution in [3.8, 4) is 11.1 Å². The van der Waals surface area contributed by atoms with Crippen LogP contribution in [0.25, 0.3) is 22.0 Å². The van der Waals surface area contributed by atoms with Crippen molar-refractivity contribution in [1.29, 1.82) is 0 Å². The van der Waals surface area contributed by atoms with Gasteiger partial charge in [0, 0.05) is 44.3 Å². The molecule has 0 saturated carbocycles. The van der Waals surface area contributed by atoms with Crippen molar-refractivity contribution in [2.75, 3.05) is 52.6 Å². The van der Waals surface area contributed by atoms with Crippen LogP contribution in [0.4, 0.5) is 0 Å². The minimum absolute atomic E-state index is 0.112. The third-order valence-corrected chi connectivity index (χ3v) is 8.63. The quantitative estimate of drug-likeness (QED) is 0.373. The van der Waals surface area contributed by atoms with Crippen LogP contribution in [0.2, 0.25) is 0 Å². The summed E-state index contributed by atoms with van der Waals surface area (Å²) in [5.74, 6) is -0.151. The fourth-order valence-corrected chi connectivity index (χ4v) is 6.21. The number of hydrogen-bond acceptors (Lipinski definition) is 5. The lowest BCUT2D eigenvalue weighted by molar-refractivity contribution is 0.100. The summed E-state index contributed by atoms with van der Waals surface area (Å²) >= 11 is 0. The Balaban J connectivity index is 1.48. The topological polar surface area (TPSA) is 112 Å². The van der Waals surface area contributed by atoms with E-state index in [9.17, 15) is 13.2 Å². The summed E-state index contributed by atoms with van der Waals surface area (Å²) in [6.45, 7) is 3.09. The van der Waals surface area contributed by atoms with E-state index in [-0.39, 0.29) is 11.7 Å². The van der Waals surface area contributed by atoms with Gasteiger partial charge >= 0.3 is 0 Å². The van der Waals surface area contributed by atoms with E-state index in [0.717, 1.165) is 53.5 Å². The van der Waals surface area contributed by atoms with Gasteiger partial charge in [0.15, 0.2) is 0 Å². The number of likely N-dealkylation sites (N-methyl/N-ethyl adjacent to an activating group) is 1. The zero-order chi connectivity index (χ0) is 25.0. The summed E-state index contributed by atoms with van der Waals surface area (Å²) in [6, 6.07) is 13.9. The first-order chi connectivity index (χ1) is 16.8. The summed E-state index contributed by atoms with van der Waals surface area (Å²) in [7, 11) is 0.696. The molecule has 1 saturated heterocycles. The number of nitrogens with zero attached hydrogens (tertiary/aromatic N) is 2. The first-order valence-corrected chi connectivity index (χ1v) is 13.7. The van der Waals surface area contributed by atoms with Gasteiger partial charge in [-0.2, -0.15) is 0 Å². The molecule has 0 spiro atoms. The van der Waals surface area contributed by atoms with Crippen LogP contribution in [-0.4, -0.2) is 81.1 Å². The zero-order valence-corrected chi connectivity index (χ0v) is 21.3. The number of aromatic amines is 1. The van der Waals surface area contributed by atoms with Gasteiger partial charge in [-0.15, -0.1) is 0 Å². The van der Waals surface area contributed by atoms with Gasteiger partial charge in [-0.25, -0.2) is 12.7 Å². The highest BCUT2D eigenvalue weighted by Crippen LogP contribution is 2.37. The molecule has 4 rings (SSSR count). The van der Waals surface area contributed by atoms with E-state index in [0.29, 0.717) is 25.2 Å². The molecule has 2 heterocycles. The first kappa shape index (κ1) is 25.4. The van der Waals surface area contributed by atoms with Crippen LogP contribution in [0.3, 0.4) is 0 Å². The van der Waals surface area contributed by atoms with Crippen molar-refractivity contribution in [2.45, 2.75) is 18.8 Å². The van der Waals surface area contributed by atoms with Crippen LogP contribution >= 0.6 is 0 Å². The number of H-pyrrole nitrogens is 1. The van der Waals surface area contributed by atoms with Crippen molar-refractivity contribution in [3.05, 3.63) is 59.8 Å². The summed E-state index contributed by atoms with van der Waals surface area (Å²) in [4.78, 5) is 17.5. The Morgan fingerprint density at radius 1 is 1.11 bits per heavy atom. The maximum absolute atomic E-state index is 12.8. The number of aromatic nitrogens is 1. The Hall–Kier alpha value is -2.72. The zero-order valence-electron chi connectivity index (χ0n) is 20.5. The Bertz CT molecular complexity index is 1260. The van der Waals surface area contributed by atoms with Crippen LogP contribution < -0.4 is 11.1 Å². The van der Waals surface area contributed by atoms with Crippen LogP contribution in [0.15, 0.2) is 48.7 Å². The van der Waals surface area contributed by atoms with Gasteiger partial charge in [-0.3, -0.25) is 4.79 Å². The SMILES string of the molecule is CN(C)CCNCCS(=O)(=O)N1CCC(c2c[nH]c3c(C(N)=O)cc(-c4ccccc4)cc23)CC1. The number of benzene rings is 2. The summed E-state index contributed by atoms with van der Waals surface area (Å²) in [5, 5.41) is 4.19. The number of fused-ring (bicyclic) bond motifs is 1. The molecular formula is C26H35N5O3S. The van der Waals surface area contributed by atoms with Gasteiger partial charge < -0.3 is 20.9 Å². The van der Waals surface area contributed by atoms with E-state index in [1.807, 2.05) is 56.7 Å². The highest BCUT2D eigenvalue weighted by Gasteiger charge is 2.30. The lowest BCUT2D eigenvalue weighted by Gasteiger charge is -2.31. The smallest absolute Gasteiger partial charge is 0.250 e. The second-order valence-corrected chi connectivity index (χ2v) is 11.6. The first-order valence-electron chi connectivity index (χ1n) is 12.1. The molecule has 188 valence electrons. The van der Waals surface area contributed by atoms with E-state index in [4.69, 9.17) is 5.73 Å². The third-order valence-electron chi connectivity index (χ3n) is 6.75. The number of amides is 1. The predicted molar refractivity (Wildman–Crippen MR) is 141 cm³/mol. The number of nitrogens with one attached hydrogen (secondary N) is 2. The van der Waals surface area contributed by atoms with Gasteiger partial charge in [0.1, 0.15) is 0 Å². The highest BCUT2D eigenvalue weighted by atomic mass is 32.2. The van der Waals surface area contributed by atoms with Crippen molar-refractivity contribution < 1.29 is 13.2 Å². The number of sulfonamides is 1. The standard InChI is InChI=1S/C26H35N5O3S/c1-30(2)14-10-28-11-15-35(33,34)31-12-8-20(9-13-31)24-18-29-25-22(24)16-21(17-23(25)26(27)32)19-6-4-3-5-7-19/h3-7,16-18,20,28-29H,8-15H2,1-2H3,(H2,27,32). The summed E-state index contributed by atoms with van der Waals surface area (Å²) in [6.07, 6.45) is 3.43. The van der Waals surface area contributed by atoms with Crippen molar-refractivity contribution in [1.82, 2.24) is 19.5 Å². The molecule has 8 nitrogen and oxygen atoms in total. The Labute approximate surface area is 207 Å². The van der Waals surface area contributed by atoms with Crippen LogP contribution in [0, 0.1) is 0 Å². The Kier molecular flexibility index (Phi) is 7.91. The van der Waals surface area contributed by atoms with Gasteiger partial charge in [0.2, 0.25) is 10.0 Å². The molecule has 1 fully saturated rings. The molecule has 2 aromatic carbocycles.